The van der Waals surface area contributed by atoms with Crippen molar-refractivity contribution in [1.82, 2.24) is 0 Å². The van der Waals surface area contributed by atoms with Gasteiger partial charge in [0.15, 0.2) is 5.71 Å². The normalized spacial score (nSPS) is 11.1. The Morgan fingerprint density at radius 3 is 2.43 bits per heavy atom. The van der Waals surface area contributed by atoms with E-state index in [1.165, 1.54) is 31.4 Å². The van der Waals surface area contributed by atoms with E-state index in [1.807, 2.05) is 0 Å². The molecule has 0 atom stereocenters. The van der Waals surface area contributed by atoms with Crippen LogP contribution in [0.2, 0.25) is 0 Å². The molecule has 0 aliphatic heterocycles. The molecule has 14 heavy (non-hydrogen) atoms. The van der Waals surface area contributed by atoms with E-state index in [2.05, 4.69) is 9.99 Å². The maximum Gasteiger partial charge on any atom is 0.271 e. The van der Waals surface area contributed by atoms with Crippen LogP contribution in [0, 0.1) is 0 Å². The van der Waals surface area contributed by atoms with Crippen molar-refractivity contribution in [1.29, 1.82) is 0 Å². The van der Waals surface area contributed by atoms with Crippen molar-refractivity contribution in [2.24, 2.45) is 10.9 Å². The SMILES string of the molecule is CON=C(C(N)=O)c1ccc(O)cc1. The standard InChI is InChI=1S/C9H10N2O3/c1-14-11-8(9(10)13)6-2-4-7(12)5-3-6/h2-5,12H,1H3,(H2,10,13). The van der Waals surface area contributed by atoms with E-state index < -0.39 is 5.91 Å². The van der Waals surface area contributed by atoms with Gasteiger partial charge in [-0.15, -0.1) is 0 Å². The summed E-state index contributed by atoms with van der Waals surface area (Å²) in [5.41, 5.74) is 5.60. The zero-order valence-corrected chi connectivity index (χ0v) is 7.60. The van der Waals surface area contributed by atoms with Crippen LogP contribution in [0.3, 0.4) is 0 Å². The number of rotatable bonds is 3. The number of benzene rings is 1. The number of nitrogens with two attached hydrogens (primary N) is 1. The number of hydrogen-bond acceptors (Lipinski definition) is 4. The lowest BCUT2D eigenvalue weighted by Gasteiger charge is -2.01. The lowest BCUT2D eigenvalue weighted by Crippen LogP contribution is -2.24. The molecule has 0 aliphatic rings. The first-order valence-electron chi connectivity index (χ1n) is 3.85. The van der Waals surface area contributed by atoms with Crippen molar-refractivity contribution in [3.8, 4) is 5.75 Å². The number of carbonyl (C=O) groups is 1. The molecule has 0 bridgehead atoms. The van der Waals surface area contributed by atoms with Crippen molar-refractivity contribution in [3.63, 3.8) is 0 Å². The monoisotopic (exact) mass is 194 g/mol. The molecule has 0 aromatic heterocycles. The summed E-state index contributed by atoms with van der Waals surface area (Å²) >= 11 is 0. The van der Waals surface area contributed by atoms with Crippen molar-refractivity contribution < 1.29 is 14.7 Å². The van der Waals surface area contributed by atoms with Gasteiger partial charge in [0.1, 0.15) is 12.9 Å². The molecule has 0 aliphatic carbocycles. The summed E-state index contributed by atoms with van der Waals surface area (Å²) in [4.78, 5) is 15.4. The third-order valence-electron chi connectivity index (χ3n) is 1.56. The first-order chi connectivity index (χ1) is 6.65. The molecule has 5 heteroatoms. The Balaban J connectivity index is 3.06. The zero-order chi connectivity index (χ0) is 10.6. The molecule has 1 aromatic rings. The summed E-state index contributed by atoms with van der Waals surface area (Å²) in [6, 6.07) is 5.92. The Morgan fingerprint density at radius 2 is 2.00 bits per heavy atom. The third-order valence-corrected chi connectivity index (χ3v) is 1.56. The van der Waals surface area contributed by atoms with E-state index in [1.54, 1.807) is 0 Å². The van der Waals surface area contributed by atoms with Crippen LogP contribution in [0.4, 0.5) is 0 Å². The van der Waals surface area contributed by atoms with Crippen LogP contribution in [0.1, 0.15) is 5.56 Å². The van der Waals surface area contributed by atoms with Gasteiger partial charge in [0, 0.05) is 5.56 Å². The number of amides is 1. The molecule has 0 unspecified atom stereocenters. The van der Waals surface area contributed by atoms with Crippen LogP contribution >= 0.6 is 0 Å². The molecular formula is C9H10N2O3. The Morgan fingerprint density at radius 1 is 1.43 bits per heavy atom. The van der Waals surface area contributed by atoms with E-state index in [9.17, 15) is 4.79 Å². The van der Waals surface area contributed by atoms with Gasteiger partial charge in [-0.05, 0) is 24.3 Å². The Hall–Kier alpha value is -2.04. The van der Waals surface area contributed by atoms with Gasteiger partial charge in [0.05, 0.1) is 0 Å². The lowest BCUT2D eigenvalue weighted by molar-refractivity contribution is -0.112. The summed E-state index contributed by atoms with van der Waals surface area (Å²) < 4.78 is 0. The second kappa shape index (κ2) is 4.27. The highest BCUT2D eigenvalue weighted by Crippen LogP contribution is 2.10. The predicted octanol–water partition coefficient (Wildman–Crippen LogP) is 0.228. The molecular weight excluding hydrogens is 184 g/mol. The van der Waals surface area contributed by atoms with Crippen LogP contribution in [0.15, 0.2) is 29.4 Å². The topological polar surface area (TPSA) is 84.9 Å². The average Bonchev–Trinajstić information content (AvgIpc) is 2.15. The predicted molar refractivity (Wildman–Crippen MR) is 50.8 cm³/mol. The van der Waals surface area contributed by atoms with E-state index in [-0.39, 0.29) is 11.5 Å². The fourth-order valence-corrected chi connectivity index (χ4v) is 0.951. The van der Waals surface area contributed by atoms with Crippen LogP contribution in [0.25, 0.3) is 0 Å². The number of phenolic OH excluding ortho intramolecular Hbond substituents is 1. The van der Waals surface area contributed by atoms with E-state index in [0.717, 1.165) is 0 Å². The molecule has 0 heterocycles. The summed E-state index contributed by atoms with van der Waals surface area (Å²) in [5, 5.41) is 12.5. The van der Waals surface area contributed by atoms with Crippen LogP contribution in [-0.4, -0.2) is 23.8 Å². The molecule has 74 valence electrons. The van der Waals surface area contributed by atoms with Crippen molar-refractivity contribution >= 4 is 11.6 Å². The highest BCUT2D eigenvalue weighted by atomic mass is 16.6. The summed E-state index contributed by atoms with van der Waals surface area (Å²) in [7, 11) is 1.32. The first kappa shape index (κ1) is 10.0. The number of nitrogens with zero attached hydrogens (tertiary/aromatic N) is 1. The van der Waals surface area contributed by atoms with Crippen molar-refractivity contribution in [2.45, 2.75) is 0 Å². The number of phenols is 1. The molecule has 0 saturated heterocycles. The van der Waals surface area contributed by atoms with Crippen LogP contribution in [-0.2, 0) is 9.63 Å². The van der Waals surface area contributed by atoms with Crippen LogP contribution in [0.5, 0.6) is 5.75 Å². The Kier molecular flexibility index (Phi) is 3.06. The van der Waals surface area contributed by atoms with Gasteiger partial charge >= 0.3 is 0 Å². The van der Waals surface area contributed by atoms with E-state index in [0.29, 0.717) is 5.56 Å². The molecule has 0 spiro atoms. The van der Waals surface area contributed by atoms with Gasteiger partial charge in [-0.25, -0.2) is 0 Å². The van der Waals surface area contributed by atoms with E-state index in [4.69, 9.17) is 10.8 Å². The number of aromatic hydroxyl groups is 1. The second-order valence-corrected chi connectivity index (χ2v) is 2.53. The molecule has 0 fully saturated rings. The number of carbonyl (C=O) groups excluding carboxylic acids is 1. The fraction of sp³-hybridized carbons (Fsp3) is 0.111. The number of oxime groups is 1. The smallest absolute Gasteiger partial charge is 0.271 e. The second-order valence-electron chi connectivity index (χ2n) is 2.53. The molecule has 1 amide bonds. The Labute approximate surface area is 80.8 Å². The van der Waals surface area contributed by atoms with Crippen molar-refractivity contribution in [3.05, 3.63) is 29.8 Å². The Bertz CT molecular complexity index is 357. The third kappa shape index (κ3) is 2.22. The highest BCUT2D eigenvalue weighted by molar-refractivity contribution is 6.44. The minimum atomic E-state index is -0.683. The van der Waals surface area contributed by atoms with Gasteiger partial charge in [0.25, 0.3) is 5.91 Å². The quantitative estimate of drug-likeness (QED) is 0.533. The first-order valence-corrected chi connectivity index (χ1v) is 3.85. The van der Waals surface area contributed by atoms with Gasteiger partial charge < -0.3 is 15.7 Å². The van der Waals surface area contributed by atoms with Gasteiger partial charge in [-0.2, -0.15) is 0 Å². The van der Waals surface area contributed by atoms with Gasteiger partial charge in [0.2, 0.25) is 0 Å². The van der Waals surface area contributed by atoms with Gasteiger partial charge in [-0.3, -0.25) is 4.79 Å². The molecule has 1 rings (SSSR count). The van der Waals surface area contributed by atoms with Gasteiger partial charge in [-0.1, -0.05) is 5.16 Å². The largest absolute Gasteiger partial charge is 0.508 e. The van der Waals surface area contributed by atoms with E-state index >= 15 is 0 Å². The molecule has 1 aromatic carbocycles. The summed E-state index contributed by atoms with van der Waals surface area (Å²) in [6.07, 6.45) is 0. The molecule has 0 saturated carbocycles. The molecule has 0 radical (unpaired) electrons. The fourth-order valence-electron chi connectivity index (χ4n) is 0.951. The van der Waals surface area contributed by atoms with Crippen molar-refractivity contribution in [2.75, 3.05) is 7.11 Å². The maximum absolute atomic E-state index is 10.9. The van der Waals surface area contributed by atoms with Crippen LogP contribution < -0.4 is 5.73 Å². The highest BCUT2D eigenvalue weighted by Gasteiger charge is 2.10. The molecule has 5 nitrogen and oxygen atoms in total. The minimum absolute atomic E-state index is 0.0208. The minimum Gasteiger partial charge on any atom is -0.508 e. The molecule has 3 N–H and O–H groups in total. The summed E-state index contributed by atoms with van der Waals surface area (Å²) in [5.74, 6) is -0.576. The lowest BCUT2D eigenvalue weighted by atomic mass is 10.1. The zero-order valence-electron chi connectivity index (χ0n) is 7.60. The number of primary amides is 1. The maximum atomic E-state index is 10.9. The summed E-state index contributed by atoms with van der Waals surface area (Å²) in [6.45, 7) is 0. The number of hydrogen-bond donors (Lipinski definition) is 2. The average molecular weight is 194 g/mol.